The zero-order valence-corrected chi connectivity index (χ0v) is 13.3. The molecule has 0 bridgehead atoms. The first kappa shape index (κ1) is 19.1. The van der Waals surface area contributed by atoms with Crippen LogP contribution < -0.4 is 4.74 Å². The van der Waals surface area contributed by atoms with Gasteiger partial charge in [-0.3, -0.25) is 0 Å². The minimum absolute atomic E-state index is 0.0601. The van der Waals surface area contributed by atoms with E-state index in [0.717, 1.165) is 17.8 Å². The molecule has 0 saturated carbocycles. The summed E-state index contributed by atoms with van der Waals surface area (Å²) in [4.78, 5) is 7.45. The molecule has 0 aliphatic carbocycles. The van der Waals surface area contributed by atoms with Crippen molar-refractivity contribution in [2.75, 3.05) is 13.0 Å². The number of hydrogen-bond donors (Lipinski definition) is 1. The van der Waals surface area contributed by atoms with E-state index in [1.165, 1.54) is 18.4 Å². The summed E-state index contributed by atoms with van der Waals surface area (Å²) in [5, 5.41) is 0. The average Bonchev–Trinajstić information content (AvgIpc) is 2.35. The summed E-state index contributed by atoms with van der Waals surface area (Å²) in [6, 6.07) is 3.22. The fourth-order valence-electron chi connectivity index (χ4n) is 1.30. The Balaban J connectivity index is 3.21. The summed E-state index contributed by atoms with van der Waals surface area (Å²) >= 11 is 0.848. The number of halogens is 3. The van der Waals surface area contributed by atoms with Gasteiger partial charge in [-0.2, -0.15) is 8.42 Å². The molecule has 0 fully saturated rings. The van der Waals surface area contributed by atoms with Gasteiger partial charge in [0.05, 0.1) is 0 Å². The molecule has 0 aliphatic heterocycles. The van der Waals surface area contributed by atoms with E-state index in [1.807, 2.05) is 0 Å². The van der Waals surface area contributed by atoms with E-state index in [-0.39, 0.29) is 4.90 Å². The SMILES string of the molecule is CSc1cccc(OC(F)(F)F)c1S(=O)(=O)OCO[P+](=O)O. The Labute approximate surface area is 128 Å². The van der Waals surface area contributed by atoms with Gasteiger partial charge >= 0.3 is 24.7 Å². The summed E-state index contributed by atoms with van der Waals surface area (Å²) < 4.78 is 83.2. The van der Waals surface area contributed by atoms with Gasteiger partial charge in [-0.05, 0) is 18.4 Å². The zero-order chi connectivity index (χ0) is 17.0. The van der Waals surface area contributed by atoms with E-state index < -0.39 is 42.2 Å². The number of ether oxygens (including phenoxy) is 1. The highest BCUT2D eigenvalue weighted by Gasteiger charge is 2.35. The van der Waals surface area contributed by atoms with Crippen molar-refractivity contribution in [1.29, 1.82) is 0 Å². The molecule has 1 aromatic carbocycles. The second kappa shape index (κ2) is 7.57. The van der Waals surface area contributed by atoms with E-state index in [0.29, 0.717) is 0 Å². The van der Waals surface area contributed by atoms with Crippen molar-refractivity contribution >= 4 is 30.1 Å². The van der Waals surface area contributed by atoms with Crippen molar-refractivity contribution in [1.82, 2.24) is 0 Å². The molecular weight excluding hydrogens is 372 g/mol. The Morgan fingerprint density at radius 1 is 1.36 bits per heavy atom. The average molecular weight is 381 g/mol. The lowest BCUT2D eigenvalue weighted by atomic mass is 10.3. The minimum Gasteiger partial charge on any atom is -0.404 e. The standard InChI is InChI=1S/C9H8F3O7PS2/c1-21-7-4-2-3-6(19-9(10,11)12)8(7)22(15,16)18-5-17-20(13)14/h2-4H,5H2,1H3/p+1. The van der Waals surface area contributed by atoms with E-state index >= 15 is 0 Å². The van der Waals surface area contributed by atoms with Crippen LogP contribution in [0.15, 0.2) is 28.0 Å². The molecule has 1 atom stereocenters. The first-order valence-corrected chi connectivity index (χ1v) is 8.94. The van der Waals surface area contributed by atoms with Gasteiger partial charge in [0, 0.05) is 9.46 Å². The summed E-state index contributed by atoms with van der Waals surface area (Å²) in [6.07, 6.45) is -3.67. The highest BCUT2D eigenvalue weighted by Crippen LogP contribution is 2.37. The largest absolute Gasteiger partial charge is 0.697 e. The number of alkyl halides is 3. The number of rotatable bonds is 7. The van der Waals surface area contributed by atoms with Crippen LogP contribution in [0.1, 0.15) is 0 Å². The molecule has 0 aromatic heterocycles. The molecule has 0 aliphatic rings. The van der Waals surface area contributed by atoms with Gasteiger partial charge in [0.1, 0.15) is 4.90 Å². The lowest BCUT2D eigenvalue weighted by Crippen LogP contribution is -2.20. The Bertz CT molecular complexity index is 647. The molecular formula is C9H9F3O7PS2+. The third-order valence-corrected chi connectivity index (χ3v) is 4.57. The lowest BCUT2D eigenvalue weighted by molar-refractivity contribution is -0.275. The molecule has 22 heavy (non-hydrogen) atoms. The highest BCUT2D eigenvalue weighted by atomic mass is 32.2. The Morgan fingerprint density at radius 2 is 2.00 bits per heavy atom. The maximum atomic E-state index is 12.3. The maximum absolute atomic E-state index is 12.3. The van der Waals surface area contributed by atoms with Crippen molar-refractivity contribution in [3.63, 3.8) is 0 Å². The normalized spacial score (nSPS) is 13.0. The molecule has 1 unspecified atom stereocenters. The second-order valence-corrected chi connectivity index (χ2v) is 6.53. The predicted octanol–water partition coefficient (Wildman–Crippen LogP) is 2.64. The smallest absolute Gasteiger partial charge is 0.404 e. The first-order chi connectivity index (χ1) is 10.1. The van der Waals surface area contributed by atoms with Crippen LogP contribution >= 0.6 is 20.0 Å². The van der Waals surface area contributed by atoms with E-state index in [4.69, 9.17) is 4.89 Å². The van der Waals surface area contributed by atoms with Gasteiger partial charge in [-0.15, -0.1) is 29.8 Å². The molecule has 0 saturated heterocycles. The van der Waals surface area contributed by atoms with Gasteiger partial charge in [-0.1, -0.05) is 10.6 Å². The van der Waals surface area contributed by atoms with E-state index in [9.17, 15) is 26.2 Å². The van der Waals surface area contributed by atoms with Gasteiger partial charge in [0.15, 0.2) is 5.75 Å². The summed E-state index contributed by atoms with van der Waals surface area (Å²) in [5.41, 5.74) is 0. The van der Waals surface area contributed by atoms with Crippen LogP contribution in [0.4, 0.5) is 13.2 Å². The maximum Gasteiger partial charge on any atom is 0.697 e. The summed E-state index contributed by atoms with van der Waals surface area (Å²) in [6.45, 7) is -1.14. The number of benzene rings is 1. The van der Waals surface area contributed by atoms with Crippen molar-refractivity contribution < 1.29 is 44.5 Å². The van der Waals surface area contributed by atoms with E-state index in [2.05, 4.69) is 13.4 Å². The highest BCUT2D eigenvalue weighted by molar-refractivity contribution is 7.99. The van der Waals surface area contributed by atoms with Crippen LogP contribution in [0.25, 0.3) is 0 Å². The van der Waals surface area contributed by atoms with Crippen molar-refractivity contribution in [2.24, 2.45) is 0 Å². The molecule has 0 spiro atoms. The Hall–Kier alpha value is -0.910. The van der Waals surface area contributed by atoms with Gasteiger partial charge in [0.2, 0.25) is 6.79 Å². The topological polar surface area (TPSA) is 99.1 Å². The van der Waals surface area contributed by atoms with Gasteiger partial charge < -0.3 is 4.74 Å². The monoisotopic (exact) mass is 381 g/mol. The fourth-order valence-corrected chi connectivity index (χ4v) is 3.53. The van der Waals surface area contributed by atoms with Crippen molar-refractivity contribution in [3.05, 3.63) is 18.2 Å². The Kier molecular flexibility index (Phi) is 6.59. The number of thioether (sulfide) groups is 1. The molecule has 0 radical (unpaired) electrons. The molecule has 13 heteroatoms. The van der Waals surface area contributed by atoms with Crippen molar-refractivity contribution in [3.8, 4) is 5.75 Å². The predicted molar refractivity (Wildman–Crippen MR) is 69.0 cm³/mol. The van der Waals surface area contributed by atoms with Crippen LogP contribution in [0.5, 0.6) is 5.75 Å². The molecule has 124 valence electrons. The molecule has 7 nitrogen and oxygen atoms in total. The van der Waals surface area contributed by atoms with Gasteiger partial charge in [0.25, 0.3) is 0 Å². The van der Waals surface area contributed by atoms with Crippen molar-refractivity contribution in [2.45, 2.75) is 16.2 Å². The molecule has 0 amide bonds. The third kappa shape index (κ3) is 5.71. The molecule has 0 heterocycles. The van der Waals surface area contributed by atoms with Gasteiger partial charge in [-0.25, -0.2) is 4.18 Å². The first-order valence-electron chi connectivity index (χ1n) is 5.18. The minimum atomic E-state index is -5.10. The summed E-state index contributed by atoms with van der Waals surface area (Å²) in [7, 11) is -7.83. The van der Waals surface area contributed by atoms with Crippen LogP contribution in [-0.4, -0.2) is 32.7 Å². The van der Waals surface area contributed by atoms with Crippen LogP contribution in [0, 0.1) is 0 Å². The summed E-state index contributed by atoms with van der Waals surface area (Å²) in [5.74, 6) is -0.979. The number of hydrogen-bond acceptors (Lipinski definition) is 7. The van der Waals surface area contributed by atoms with Crippen LogP contribution in [-0.2, 0) is 23.4 Å². The Morgan fingerprint density at radius 3 is 2.50 bits per heavy atom. The molecule has 1 aromatic rings. The van der Waals surface area contributed by atoms with Crippen LogP contribution in [0.3, 0.4) is 0 Å². The molecule has 1 rings (SSSR count). The zero-order valence-electron chi connectivity index (χ0n) is 10.7. The van der Waals surface area contributed by atoms with E-state index in [1.54, 1.807) is 0 Å². The fraction of sp³-hybridized carbons (Fsp3) is 0.333. The quantitative estimate of drug-likeness (QED) is 0.333. The molecule has 1 N–H and O–H groups in total. The third-order valence-electron chi connectivity index (χ3n) is 2.00. The lowest BCUT2D eigenvalue weighted by Gasteiger charge is -2.15. The second-order valence-electron chi connectivity index (χ2n) is 3.39. The van der Waals surface area contributed by atoms with Crippen LogP contribution in [0.2, 0.25) is 0 Å².